The van der Waals surface area contributed by atoms with Gasteiger partial charge in [0.15, 0.2) is 6.61 Å². The number of allylic oxidation sites excluding steroid dienone is 1. The average molecular weight is 670 g/mol. The topological polar surface area (TPSA) is 105 Å². The van der Waals surface area contributed by atoms with E-state index in [9.17, 15) is 22.4 Å². The molecular formula is C38H40FN3O5S. The Morgan fingerprint density at radius 3 is 2.15 bits per heavy atom. The van der Waals surface area contributed by atoms with Crippen LogP contribution in [-0.4, -0.2) is 44.3 Å². The van der Waals surface area contributed by atoms with Crippen molar-refractivity contribution < 1.29 is 27.1 Å². The van der Waals surface area contributed by atoms with Gasteiger partial charge in [-0.25, -0.2) is 12.8 Å². The summed E-state index contributed by atoms with van der Waals surface area (Å²) in [6.45, 7) is 0.328. The van der Waals surface area contributed by atoms with Gasteiger partial charge in [0.2, 0.25) is 5.91 Å². The molecule has 1 aliphatic carbocycles. The number of amides is 2. The number of nitrogens with one attached hydrogen (secondary N) is 2. The second-order valence-electron chi connectivity index (χ2n) is 11.7. The molecule has 4 aromatic carbocycles. The van der Waals surface area contributed by atoms with E-state index in [2.05, 4.69) is 16.1 Å². The second-order valence-corrected chi connectivity index (χ2v) is 13.4. The van der Waals surface area contributed by atoms with Crippen LogP contribution in [0.1, 0.15) is 43.2 Å². The van der Waals surface area contributed by atoms with E-state index in [0.29, 0.717) is 13.0 Å². The third-order valence-electron chi connectivity index (χ3n) is 8.19. The molecule has 0 aliphatic heterocycles. The number of hydrogen-bond donors (Lipinski definition) is 2. The average Bonchev–Trinajstić information content (AvgIpc) is 3.11. The van der Waals surface area contributed by atoms with Gasteiger partial charge in [0.05, 0.1) is 4.90 Å². The van der Waals surface area contributed by atoms with Crippen LogP contribution >= 0.6 is 0 Å². The van der Waals surface area contributed by atoms with Crippen LogP contribution in [-0.2, 0) is 32.6 Å². The zero-order chi connectivity index (χ0) is 33.8. The number of rotatable bonds is 15. The fourth-order valence-corrected chi connectivity index (χ4v) is 6.66. The van der Waals surface area contributed by atoms with Crippen LogP contribution < -0.4 is 14.8 Å². The van der Waals surface area contributed by atoms with Crippen molar-refractivity contribution in [3.8, 4) is 5.75 Å². The van der Waals surface area contributed by atoms with Gasteiger partial charge < -0.3 is 15.0 Å². The van der Waals surface area contributed by atoms with Crippen molar-refractivity contribution in [3.05, 3.63) is 138 Å². The Bertz CT molecular complexity index is 1780. The molecule has 10 heteroatoms. The maximum Gasteiger partial charge on any atom is 0.261 e. The molecule has 0 saturated heterocycles. The van der Waals surface area contributed by atoms with Crippen molar-refractivity contribution in [2.24, 2.45) is 0 Å². The van der Waals surface area contributed by atoms with Gasteiger partial charge >= 0.3 is 0 Å². The van der Waals surface area contributed by atoms with Crippen LogP contribution in [0.25, 0.3) is 0 Å². The molecule has 1 aliphatic rings. The third-order valence-corrected chi connectivity index (χ3v) is 9.59. The molecule has 48 heavy (non-hydrogen) atoms. The Morgan fingerprint density at radius 1 is 0.833 bits per heavy atom. The molecular weight excluding hydrogens is 629 g/mol. The van der Waals surface area contributed by atoms with Gasteiger partial charge in [-0.15, -0.1) is 0 Å². The van der Waals surface area contributed by atoms with Crippen molar-refractivity contribution >= 4 is 27.5 Å². The molecule has 0 saturated carbocycles. The number of carbonyl (C=O) groups is 2. The third kappa shape index (κ3) is 10.0. The van der Waals surface area contributed by atoms with E-state index in [-0.39, 0.29) is 41.3 Å². The lowest BCUT2D eigenvalue weighted by Crippen LogP contribution is -2.51. The highest BCUT2D eigenvalue weighted by Gasteiger charge is 2.30. The quantitative estimate of drug-likeness (QED) is 0.138. The number of anilines is 1. The molecule has 0 aromatic heterocycles. The number of benzene rings is 4. The van der Waals surface area contributed by atoms with Gasteiger partial charge in [-0.3, -0.25) is 14.3 Å². The minimum Gasteiger partial charge on any atom is -0.484 e. The molecule has 0 radical (unpaired) electrons. The van der Waals surface area contributed by atoms with Crippen LogP contribution in [0.15, 0.2) is 126 Å². The first-order chi connectivity index (χ1) is 23.3. The Labute approximate surface area is 281 Å². The predicted molar refractivity (Wildman–Crippen MR) is 184 cm³/mol. The molecule has 5 rings (SSSR count). The highest BCUT2D eigenvalue weighted by Crippen LogP contribution is 2.22. The van der Waals surface area contributed by atoms with Crippen molar-refractivity contribution in [1.29, 1.82) is 0 Å². The summed E-state index contributed by atoms with van der Waals surface area (Å²) in [6, 6.07) is 28.9. The van der Waals surface area contributed by atoms with E-state index >= 15 is 0 Å². The highest BCUT2D eigenvalue weighted by atomic mass is 32.2. The summed E-state index contributed by atoms with van der Waals surface area (Å²) >= 11 is 0. The first-order valence-electron chi connectivity index (χ1n) is 16.1. The fraction of sp³-hybridized carbons (Fsp3) is 0.263. The number of carbonyl (C=O) groups excluding carboxylic acids is 2. The predicted octanol–water partition coefficient (Wildman–Crippen LogP) is 6.65. The van der Waals surface area contributed by atoms with Crippen LogP contribution in [0.5, 0.6) is 5.75 Å². The Hall–Kier alpha value is -4.96. The normalized spacial score (nSPS) is 13.6. The molecule has 1 unspecified atom stereocenters. The number of hydrogen-bond acceptors (Lipinski definition) is 5. The fourth-order valence-electron chi connectivity index (χ4n) is 5.60. The molecule has 4 aromatic rings. The summed E-state index contributed by atoms with van der Waals surface area (Å²) in [6.07, 6.45) is 7.87. The monoisotopic (exact) mass is 669 g/mol. The molecule has 8 nitrogen and oxygen atoms in total. The van der Waals surface area contributed by atoms with Crippen molar-refractivity contribution in [3.63, 3.8) is 0 Å². The Kier molecular flexibility index (Phi) is 12.0. The Balaban J connectivity index is 1.30. The lowest BCUT2D eigenvalue weighted by atomic mass is 9.97. The van der Waals surface area contributed by atoms with Crippen LogP contribution in [0, 0.1) is 5.82 Å². The van der Waals surface area contributed by atoms with Crippen molar-refractivity contribution in [2.75, 3.05) is 17.9 Å². The summed E-state index contributed by atoms with van der Waals surface area (Å²) in [5.74, 6) is -0.813. The summed E-state index contributed by atoms with van der Waals surface area (Å²) in [7, 11) is -3.94. The van der Waals surface area contributed by atoms with Gasteiger partial charge in [0.25, 0.3) is 15.9 Å². The van der Waals surface area contributed by atoms with E-state index in [1.54, 1.807) is 4.90 Å². The first kappa shape index (κ1) is 34.4. The summed E-state index contributed by atoms with van der Waals surface area (Å²) in [5.41, 5.74) is 3.37. The minimum atomic E-state index is -3.94. The number of ether oxygens (including phenoxy) is 1. The molecule has 0 bridgehead atoms. The molecule has 0 fully saturated rings. The summed E-state index contributed by atoms with van der Waals surface area (Å²) in [5, 5.41) is 3.09. The smallest absolute Gasteiger partial charge is 0.261 e. The molecule has 0 heterocycles. The largest absolute Gasteiger partial charge is 0.484 e. The lowest BCUT2D eigenvalue weighted by Gasteiger charge is -2.31. The second kappa shape index (κ2) is 16.7. The standard InChI is InChI=1S/C38H40FN3O5S/c39-32-16-18-33(19-17-32)41-48(45,46)35-22-20-34(21-23-35)47-28-37(43)42(27-31-14-8-3-9-15-31)36(26-30-12-6-2-7-13-30)38(44)40-25-24-29-10-4-1-5-11-29/h2-3,6-10,12-23,36,41H,1,4-5,11,24-28H2,(H,40,44). The first-order valence-corrected chi connectivity index (χ1v) is 17.6. The van der Waals surface area contributed by atoms with Crippen molar-refractivity contribution in [2.45, 2.75) is 56.0 Å². The zero-order valence-corrected chi connectivity index (χ0v) is 27.5. The van der Waals surface area contributed by atoms with E-state index in [0.717, 1.165) is 42.5 Å². The molecule has 250 valence electrons. The molecule has 2 N–H and O–H groups in total. The van der Waals surface area contributed by atoms with E-state index in [4.69, 9.17) is 4.74 Å². The van der Waals surface area contributed by atoms with Gasteiger partial charge in [0.1, 0.15) is 17.6 Å². The van der Waals surface area contributed by atoms with E-state index < -0.39 is 21.9 Å². The van der Waals surface area contributed by atoms with Crippen LogP contribution in [0.2, 0.25) is 0 Å². The Morgan fingerprint density at radius 2 is 1.50 bits per heavy atom. The van der Waals surface area contributed by atoms with Gasteiger partial charge in [0, 0.05) is 25.2 Å². The van der Waals surface area contributed by atoms with E-state index in [1.807, 2.05) is 60.7 Å². The van der Waals surface area contributed by atoms with Gasteiger partial charge in [-0.2, -0.15) is 0 Å². The van der Waals surface area contributed by atoms with Gasteiger partial charge in [-0.1, -0.05) is 72.3 Å². The maximum atomic E-state index is 13.9. The maximum absolute atomic E-state index is 13.9. The minimum absolute atomic E-state index is 0.0280. The van der Waals surface area contributed by atoms with Gasteiger partial charge in [-0.05, 0) is 91.8 Å². The lowest BCUT2D eigenvalue weighted by molar-refractivity contribution is -0.142. The molecule has 1 atom stereocenters. The van der Waals surface area contributed by atoms with Crippen molar-refractivity contribution in [1.82, 2.24) is 10.2 Å². The number of nitrogens with zero attached hydrogens (tertiary/aromatic N) is 1. The summed E-state index contributed by atoms with van der Waals surface area (Å²) in [4.78, 5) is 29.3. The molecule has 0 spiro atoms. The van der Waals surface area contributed by atoms with E-state index in [1.165, 1.54) is 54.8 Å². The summed E-state index contributed by atoms with van der Waals surface area (Å²) < 4.78 is 47.1. The van der Waals surface area contributed by atoms with Crippen LogP contribution in [0.3, 0.4) is 0 Å². The number of halogens is 1. The number of sulfonamides is 1. The zero-order valence-electron chi connectivity index (χ0n) is 26.7. The molecule has 2 amide bonds. The highest BCUT2D eigenvalue weighted by molar-refractivity contribution is 7.92. The SMILES string of the molecule is O=C(NCCC1=CCCCC1)C(Cc1ccccc1)N(Cc1ccccc1)C(=O)COc1ccc(S(=O)(=O)Nc2ccc(F)cc2)cc1. The van der Waals surface area contributed by atoms with Crippen LogP contribution in [0.4, 0.5) is 10.1 Å².